The van der Waals surface area contributed by atoms with Gasteiger partial charge in [-0.15, -0.1) is 0 Å². The predicted molar refractivity (Wildman–Crippen MR) is 90.4 cm³/mol. The third-order valence-corrected chi connectivity index (χ3v) is 4.52. The zero-order chi connectivity index (χ0) is 14.5. The minimum Gasteiger partial charge on any atom is -0.368 e. The smallest absolute Gasteiger partial charge is 0.0511 e. The second kappa shape index (κ2) is 7.43. The maximum atomic E-state index is 3.74. The van der Waals surface area contributed by atoms with Crippen molar-refractivity contribution < 1.29 is 0 Å². The molecule has 0 radical (unpaired) electrons. The highest BCUT2D eigenvalue weighted by molar-refractivity contribution is 9.10. The van der Waals surface area contributed by atoms with Gasteiger partial charge in [0.15, 0.2) is 0 Å². The van der Waals surface area contributed by atoms with Crippen LogP contribution in [0, 0.1) is 0 Å². The molecule has 0 amide bonds. The van der Waals surface area contributed by atoms with Crippen LogP contribution in [0.4, 0.5) is 5.69 Å². The molecule has 1 N–H and O–H groups in total. The van der Waals surface area contributed by atoms with Crippen LogP contribution in [0.2, 0.25) is 0 Å². The molecule has 1 aliphatic rings. The van der Waals surface area contributed by atoms with E-state index in [-0.39, 0.29) is 0 Å². The fourth-order valence-electron chi connectivity index (χ4n) is 2.54. The first kappa shape index (κ1) is 15.8. The van der Waals surface area contributed by atoms with Gasteiger partial charge in [-0.25, -0.2) is 0 Å². The van der Waals surface area contributed by atoms with Crippen LogP contribution in [0.15, 0.2) is 22.7 Å². The molecule has 1 aromatic rings. The minimum absolute atomic E-state index is 0.524. The van der Waals surface area contributed by atoms with Gasteiger partial charge in [0.2, 0.25) is 0 Å². The summed E-state index contributed by atoms with van der Waals surface area (Å²) < 4.78 is 1.21. The second-order valence-electron chi connectivity index (χ2n) is 5.74. The van der Waals surface area contributed by atoms with Crippen LogP contribution in [0.25, 0.3) is 0 Å². The summed E-state index contributed by atoms with van der Waals surface area (Å²) in [4.78, 5) is 4.99. The Balaban J connectivity index is 1.99. The molecule has 0 aliphatic carbocycles. The lowest BCUT2D eigenvalue weighted by molar-refractivity contribution is 0.271. The van der Waals surface area contributed by atoms with Gasteiger partial charge in [0.25, 0.3) is 0 Å². The molecular formula is C16H26BrN3. The minimum atomic E-state index is 0.524. The van der Waals surface area contributed by atoms with Crippen LogP contribution in [0.3, 0.4) is 0 Å². The molecule has 0 aromatic heterocycles. The largest absolute Gasteiger partial charge is 0.368 e. The number of hydrogen-bond acceptors (Lipinski definition) is 3. The SMILES string of the molecule is CCN1CCN(c2ccc(CNC(C)C)cc2Br)CC1. The molecule has 3 nitrogen and oxygen atoms in total. The van der Waals surface area contributed by atoms with Gasteiger partial charge in [-0.3, -0.25) is 0 Å². The first-order valence-corrected chi connectivity index (χ1v) is 8.38. The molecule has 4 heteroatoms. The quantitative estimate of drug-likeness (QED) is 0.889. The zero-order valence-corrected chi connectivity index (χ0v) is 14.4. The van der Waals surface area contributed by atoms with Gasteiger partial charge in [0, 0.05) is 43.2 Å². The molecule has 1 aliphatic heterocycles. The number of piperazine rings is 1. The summed E-state index contributed by atoms with van der Waals surface area (Å²) in [5.74, 6) is 0. The highest BCUT2D eigenvalue weighted by Gasteiger charge is 2.17. The van der Waals surface area contributed by atoms with Crippen molar-refractivity contribution in [1.82, 2.24) is 10.2 Å². The third-order valence-electron chi connectivity index (χ3n) is 3.89. The van der Waals surface area contributed by atoms with E-state index >= 15 is 0 Å². The number of rotatable bonds is 5. The molecule has 1 fully saturated rings. The Morgan fingerprint density at radius 2 is 1.90 bits per heavy atom. The number of hydrogen-bond donors (Lipinski definition) is 1. The van der Waals surface area contributed by atoms with E-state index in [1.54, 1.807) is 0 Å². The van der Waals surface area contributed by atoms with Crippen molar-refractivity contribution in [3.8, 4) is 0 Å². The van der Waals surface area contributed by atoms with Gasteiger partial charge in [-0.05, 0) is 40.2 Å². The van der Waals surface area contributed by atoms with Gasteiger partial charge >= 0.3 is 0 Å². The van der Waals surface area contributed by atoms with Crippen LogP contribution < -0.4 is 10.2 Å². The van der Waals surface area contributed by atoms with Crippen molar-refractivity contribution >= 4 is 21.6 Å². The summed E-state index contributed by atoms with van der Waals surface area (Å²) in [7, 11) is 0. The Morgan fingerprint density at radius 1 is 1.20 bits per heavy atom. The normalized spacial score (nSPS) is 16.9. The Morgan fingerprint density at radius 3 is 2.45 bits per heavy atom. The summed E-state index contributed by atoms with van der Waals surface area (Å²) in [5, 5.41) is 3.46. The van der Waals surface area contributed by atoms with E-state index in [1.807, 2.05) is 0 Å². The van der Waals surface area contributed by atoms with E-state index in [9.17, 15) is 0 Å². The number of benzene rings is 1. The first-order chi connectivity index (χ1) is 9.60. The molecule has 112 valence electrons. The van der Waals surface area contributed by atoms with Crippen LogP contribution in [-0.4, -0.2) is 43.7 Å². The lowest BCUT2D eigenvalue weighted by Crippen LogP contribution is -2.46. The Hall–Kier alpha value is -0.580. The van der Waals surface area contributed by atoms with Gasteiger partial charge in [0.05, 0.1) is 5.69 Å². The topological polar surface area (TPSA) is 18.5 Å². The van der Waals surface area contributed by atoms with E-state index in [4.69, 9.17) is 0 Å². The summed E-state index contributed by atoms with van der Waals surface area (Å²) in [6.07, 6.45) is 0. The van der Waals surface area contributed by atoms with Gasteiger partial charge in [-0.2, -0.15) is 0 Å². The monoisotopic (exact) mass is 339 g/mol. The molecule has 2 rings (SSSR count). The molecule has 1 saturated heterocycles. The van der Waals surface area contributed by atoms with Crippen LogP contribution >= 0.6 is 15.9 Å². The molecule has 0 bridgehead atoms. The summed E-state index contributed by atoms with van der Waals surface area (Å²) in [6.45, 7) is 13.3. The van der Waals surface area contributed by atoms with E-state index in [0.717, 1.165) is 26.2 Å². The Bertz CT molecular complexity index is 426. The van der Waals surface area contributed by atoms with Crippen molar-refractivity contribution in [3.05, 3.63) is 28.2 Å². The number of likely N-dealkylation sites (N-methyl/N-ethyl adjacent to an activating group) is 1. The zero-order valence-electron chi connectivity index (χ0n) is 12.8. The van der Waals surface area contributed by atoms with Crippen molar-refractivity contribution in [3.63, 3.8) is 0 Å². The molecule has 1 aromatic carbocycles. The number of anilines is 1. The number of halogens is 1. The highest BCUT2D eigenvalue weighted by Crippen LogP contribution is 2.28. The van der Waals surface area contributed by atoms with Gasteiger partial charge in [0.1, 0.15) is 0 Å². The lowest BCUT2D eigenvalue weighted by atomic mass is 10.1. The van der Waals surface area contributed by atoms with Gasteiger partial charge < -0.3 is 15.1 Å². The van der Waals surface area contributed by atoms with Crippen LogP contribution in [-0.2, 0) is 6.54 Å². The third kappa shape index (κ3) is 4.21. The van der Waals surface area contributed by atoms with Crippen LogP contribution in [0.5, 0.6) is 0 Å². The molecule has 0 spiro atoms. The first-order valence-electron chi connectivity index (χ1n) is 7.59. The predicted octanol–water partition coefficient (Wildman–Crippen LogP) is 3.09. The molecule has 20 heavy (non-hydrogen) atoms. The summed E-state index contributed by atoms with van der Waals surface area (Å²) in [5.41, 5.74) is 2.66. The van der Waals surface area contributed by atoms with Crippen molar-refractivity contribution in [2.75, 3.05) is 37.6 Å². The summed E-state index contributed by atoms with van der Waals surface area (Å²) >= 11 is 3.74. The van der Waals surface area contributed by atoms with E-state index in [0.29, 0.717) is 6.04 Å². The fraction of sp³-hybridized carbons (Fsp3) is 0.625. The second-order valence-corrected chi connectivity index (χ2v) is 6.60. The van der Waals surface area contributed by atoms with Crippen molar-refractivity contribution in [2.45, 2.75) is 33.4 Å². The molecular weight excluding hydrogens is 314 g/mol. The van der Waals surface area contributed by atoms with Gasteiger partial charge in [-0.1, -0.05) is 26.8 Å². The Kier molecular flexibility index (Phi) is 5.87. The standard InChI is InChI=1S/C16H26BrN3/c1-4-19-7-9-20(10-8-19)16-6-5-14(11-15(16)17)12-18-13(2)3/h5-6,11,13,18H,4,7-10,12H2,1-3H3. The fourth-order valence-corrected chi connectivity index (χ4v) is 3.22. The highest BCUT2D eigenvalue weighted by atomic mass is 79.9. The average molecular weight is 340 g/mol. The Labute approximate surface area is 131 Å². The summed E-state index contributed by atoms with van der Waals surface area (Å²) in [6, 6.07) is 7.26. The van der Waals surface area contributed by atoms with Crippen molar-refractivity contribution in [2.24, 2.45) is 0 Å². The van der Waals surface area contributed by atoms with Crippen LogP contribution in [0.1, 0.15) is 26.3 Å². The molecule has 0 atom stereocenters. The molecule has 1 heterocycles. The number of nitrogens with zero attached hydrogens (tertiary/aromatic N) is 2. The maximum absolute atomic E-state index is 3.74. The molecule has 0 unspecified atom stereocenters. The van der Waals surface area contributed by atoms with Crippen molar-refractivity contribution in [1.29, 1.82) is 0 Å². The number of nitrogens with one attached hydrogen (secondary N) is 1. The molecule has 0 saturated carbocycles. The average Bonchev–Trinajstić information content (AvgIpc) is 2.45. The van der Waals surface area contributed by atoms with E-state index in [1.165, 1.54) is 28.8 Å². The van der Waals surface area contributed by atoms with E-state index in [2.05, 4.69) is 70.0 Å². The van der Waals surface area contributed by atoms with E-state index < -0.39 is 0 Å². The lowest BCUT2D eigenvalue weighted by Gasteiger charge is -2.36. The maximum Gasteiger partial charge on any atom is 0.0511 e.